The molecule has 1 aromatic heterocycles. The lowest BCUT2D eigenvalue weighted by molar-refractivity contribution is -0.664. The smallest absolute Gasteiger partial charge is 0.302 e. The zero-order valence-electron chi connectivity index (χ0n) is 19.4. The summed E-state index contributed by atoms with van der Waals surface area (Å²) < 4.78 is 47.0. The van der Waals surface area contributed by atoms with Gasteiger partial charge in [0, 0.05) is 29.1 Å². The van der Waals surface area contributed by atoms with Crippen molar-refractivity contribution >= 4 is 78.2 Å². The van der Waals surface area contributed by atoms with Gasteiger partial charge in [0.1, 0.15) is 15.7 Å². The predicted octanol–water partition coefficient (Wildman–Crippen LogP) is 3.61. The lowest BCUT2D eigenvalue weighted by Crippen LogP contribution is -2.45. The van der Waals surface area contributed by atoms with E-state index in [1.54, 1.807) is 42.2 Å². The summed E-state index contributed by atoms with van der Waals surface area (Å²) in [5.41, 5.74) is 3.61. The third kappa shape index (κ3) is 6.06. The van der Waals surface area contributed by atoms with E-state index in [0.29, 0.717) is 32.4 Å². The van der Waals surface area contributed by atoms with Crippen LogP contribution in [0.4, 0.5) is 15.8 Å². The molecule has 1 N–H and O–H groups in total. The number of thioether (sulfide) groups is 1. The lowest BCUT2D eigenvalue weighted by Gasteiger charge is -2.20. The minimum absolute atomic E-state index is 0.0378. The Kier molecular flexibility index (Phi) is 8.37. The molecule has 2 heterocycles. The number of aromatic nitrogens is 1. The highest BCUT2D eigenvalue weighted by Crippen LogP contribution is 2.50. The fraction of sp³-hybridized carbons (Fsp3) is 0.261. The van der Waals surface area contributed by atoms with Crippen molar-refractivity contribution in [2.45, 2.75) is 24.8 Å². The van der Waals surface area contributed by atoms with Gasteiger partial charge in [0.15, 0.2) is 12.2 Å². The molecule has 1 aliphatic rings. The van der Waals surface area contributed by atoms with E-state index in [2.05, 4.69) is 14.6 Å². The molecule has 0 bridgehead atoms. The SMILES string of the molecule is [C-]#[N+]c1ccc2sc(C(F)=C3Sc4ccc(Cl)cc4N3CCCS(=O)(=O)ONCC)[n+](CC(=O)[O-])c2c1. The second kappa shape index (κ2) is 11.3. The van der Waals surface area contributed by atoms with Crippen LogP contribution in [0.5, 0.6) is 0 Å². The molecule has 4 rings (SSSR count). The number of rotatable bonds is 10. The van der Waals surface area contributed by atoms with Crippen molar-refractivity contribution in [3.8, 4) is 0 Å². The second-order valence-corrected chi connectivity index (χ2v) is 12.0. The third-order valence-electron chi connectivity index (χ3n) is 5.25. The number of fused-ring (bicyclic) bond motifs is 2. The Hall–Kier alpha value is -2.73. The highest BCUT2D eigenvalue weighted by atomic mass is 35.5. The van der Waals surface area contributed by atoms with Crippen LogP contribution in [0.3, 0.4) is 0 Å². The van der Waals surface area contributed by atoms with E-state index in [9.17, 15) is 18.3 Å². The molecular weight excluding hydrogens is 563 g/mol. The van der Waals surface area contributed by atoms with E-state index in [-0.39, 0.29) is 34.4 Å². The first-order chi connectivity index (χ1) is 17.6. The monoisotopic (exact) mass is 582 g/mol. The molecule has 0 unspecified atom stereocenters. The van der Waals surface area contributed by atoms with Gasteiger partial charge in [0.25, 0.3) is 10.1 Å². The van der Waals surface area contributed by atoms with Crippen molar-refractivity contribution < 1.29 is 31.6 Å². The molecule has 2 aromatic carbocycles. The number of aliphatic carboxylic acids is 1. The average molecular weight is 583 g/mol. The Balaban J connectivity index is 1.76. The Morgan fingerprint density at radius 3 is 2.81 bits per heavy atom. The average Bonchev–Trinajstić information content (AvgIpc) is 3.39. The summed E-state index contributed by atoms with van der Waals surface area (Å²) in [5, 5.41) is 12.2. The van der Waals surface area contributed by atoms with Crippen molar-refractivity contribution in [1.29, 1.82) is 0 Å². The molecule has 37 heavy (non-hydrogen) atoms. The number of benzene rings is 2. The highest BCUT2D eigenvalue weighted by Gasteiger charge is 2.34. The van der Waals surface area contributed by atoms with Crippen molar-refractivity contribution in [2.24, 2.45) is 0 Å². The van der Waals surface area contributed by atoms with Gasteiger partial charge in [-0.25, -0.2) is 4.85 Å². The molecular formula is C23H20ClFN4O5S3. The predicted molar refractivity (Wildman–Crippen MR) is 139 cm³/mol. The zero-order valence-corrected chi connectivity index (χ0v) is 22.6. The van der Waals surface area contributed by atoms with Crippen molar-refractivity contribution in [3.05, 3.63) is 62.9 Å². The Morgan fingerprint density at radius 2 is 2.11 bits per heavy atom. The van der Waals surface area contributed by atoms with E-state index in [4.69, 9.17) is 18.2 Å². The van der Waals surface area contributed by atoms with Crippen LogP contribution in [0.15, 0.2) is 46.3 Å². The van der Waals surface area contributed by atoms with Gasteiger partial charge in [-0.2, -0.15) is 27.1 Å². The highest BCUT2D eigenvalue weighted by molar-refractivity contribution is 8.04. The number of thiazole rings is 1. The van der Waals surface area contributed by atoms with Crippen LogP contribution in [0.25, 0.3) is 20.9 Å². The zero-order chi connectivity index (χ0) is 26.7. The first kappa shape index (κ1) is 27.3. The first-order valence-corrected chi connectivity index (χ1v) is 14.5. The number of hydrogen-bond donors (Lipinski definition) is 1. The van der Waals surface area contributed by atoms with Crippen LogP contribution in [0.2, 0.25) is 5.02 Å². The van der Waals surface area contributed by atoms with E-state index < -0.39 is 28.5 Å². The Labute approximate surface area is 226 Å². The molecule has 9 nitrogen and oxygen atoms in total. The van der Waals surface area contributed by atoms with Crippen molar-refractivity contribution in [2.75, 3.05) is 23.7 Å². The number of anilines is 1. The third-order valence-corrected chi connectivity index (χ3v) is 8.96. The quantitative estimate of drug-likeness (QED) is 0.219. The summed E-state index contributed by atoms with van der Waals surface area (Å²) in [4.78, 5) is 17.2. The minimum atomic E-state index is -3.83. The Morgan fingerprint density at radius 1 is 1.32 bits per heavy atom. The molecule has 0 aliphatic carbocycles. The topological polar surface area (TPSA) is 107 Å². The normalized spacial score (nSPS) is 14.6. The fourth-order valence-electron chi connectivity index (χ4n) is 3.71. The number of carboxylic acids is 1. The number of hydroxylamine groups is 1. The molecule has 0 fully saturated rings. The van der Waals surface area contributed by atoms with Gasteiger partial charge >= 0.3 is 5.01 Å². The number of hydrogen-bond acceptors (Lipinski definition) is 9. The Bertz CT molecular complexity index is 1550. The van der Waals surface area contributed by atoms with E-state index in [1.807, 2.05) is 0 Å². The van der Waals surface area contributed by atoms with Gasteiger partial charge < -0.3 is 14.8 Å². The number of carbonyl (C=O) groups excluding carboxylic acids is 1. The van der Waals surface area contributed by atoms with Gasteiger partial charge in [-0.05, 0) is 30.7 Å². The maximum atomic E-state index is 16.3. The fourth-order valence-corrected chi connectivity index (χ4v) is 6.99. The maximum absolute atomic E-state index is 16.3. The van der Waals surface area contributed by atoms with E-state index in [1.165, 1.54) is 10.6 Å². The van der Waals surface area contributed by atoms with Crippen LogP contribution < -0.4 is 20.1 Å². The second-order valence-electron chi connectivity index (χ2n) is 7.81. The largest absolute Gasteiger partial charge is 0.544 e. The number of carbonyl (C=O) groups is 1. The van der Waals surface area contributed by atoms with Crippen molar-refractivity contribution in [3.63, 3.8) is 0 Å². The van der Waals surface area contributed by atoms with Gasteiger partial charge in [-0.3, -0.25) is 0 Å². The molecule has 1 aliphatic heterocycles. The molecule has 194 valence electrons. The summed E-state index contributed by atoms with van der Waals surface area (Å²) in [6.07, 6.45) is 0.122. The van der Waals surface area contributed by atoms with Crippen LogP contribution in [0.1, 0.15) is 18.4 Å². The minimum Gasteiger partial charge on any atom is -0.544 e. The molecule has 14 heteroatoms. The number of carboxylic acid groups (broad SMARTS) is 1. The van der Waals surface area contributed by atoms with Crippen molar-refractivity contribution in [1.82, 2.24) is 5.48 Å². The molecule has 0 saturated carbocycles. The number of nitrogens with zero attached hydrogens (tertiary/aromatic N) is 3. The molecule has 0 atom stereocenters. The first-order valence-electron chi connectivity index (χ1n) is 11.0. The van der Waals surface area contributed by atoms with Crippen LogP contribution in [0, 0.1) is 6.57 Å². The van der Waals surface area contributed by atoms with E-state index in [0.717, 1.165) is 23.1 Å². The van der Waals surface area contributed by atoms with Crippen LogP contribution in [-0.2, 0) is 25.7 Å². The molecule has 3 aromatic rings. The molecule has 0 spiro atoms. The molecule has 0 saturated heterocycles. The standard InChI is InChI=1S/C23H20ClFN4O5S3/c1-3-27-34-37(32,33)10-4-9-28-16-11-14(24)5-7-18(16)35-22(28)21(25)23-29(13-20(30)31)17-12-15(26-2)6-8-19(17)36-23/h5-8,11-12,27H,3-4,9-10,13H2,1H3. The summed E-state index contributed by atoms with van der Waals surface area (Å²) in [5.74, 6) is -2.40. The van der Waals surface area contributed by atoms with Gasteiger partial charge in [0.2, 0.25) is 11.3 Å². The summed E-state index contributed by atoms with van der Waals surface area (Å²) in [6, 6.07) is 9.80. The lowest BCUT2D eigenvalue weighted by atomic mass is 10.2. The number of nitrogens with one attached hydrogen (secondary N) is 1. The molecule has 0 radical (unpaired) electrons. The van der Waals surface area contributed by atoms with Gasteiger partial charge in [-0.1, -0.05) is 47.7 Å². The van der Waals surface area contributed by atoms with Crippen LogP contribution >= 0.6 is 34.7 Å². The van der Waals surface area contributed by atoms with Gasteiger partial charge in [0.05, 0.1) is 18.0 Å². The number of halogens is 2. The maximum Gasteiger partial charge on any atom is 0.302 e. The van der Waals surface area contributed by atoms with E-state index >= 15 is 4.39 Å². The summed E-state index contributed by atoms with van der Waals surface area (Å²) in [6.45, 7) is 8.78. The van der Waals surface area contributed by atoms with Crippen LogP contribution in [-0.4, -0.2) is 33.2 Å². The van der Waals surface area contributed by atoms with Gasteiger partial charge in [-0.15, -0.1) is 0 Å². The summed E-state index contributed by atoms with van der Waals surface area (Å²) >= 11 is 8.37. The molecule has 0 amide bonds. The summed E-state index contributed by atoms with van der Waals surface area (Å²) in [7, 11) is -3.83.